The molecule has 3 aromatic heterocycles. The molecule has 2 N–H and O–H groups in total. The minimum absolute atomic E-state index is 0. The van der Waals surface area contributed by atoms with Gasteiger partial charge in [-0.3, -0.25) is 4.98 Å². The molecule has 0 bridgehead atoms. The molecule has 0 aliphatic carbocycles. The molecule has 0 spiro atoms. The van der Waals surface area contributed by atoms with E-state index in [9.17, 15) is 5.11 Å². The molecular weight excluding hydrogens is 477 g/mol. The van der Waals surface area contributed by atoms with Crippen molar-refractivity contribution in [1.82, 2.24) is 40.1 Å². The van der Waals surface area contributed by atoms with E-state index in [1.54, 1.807) is 35.2 Å². The number of fused-ring (bicyclic) bond motifs is 1. The fourth-order valence-electron chi connectivity index (χ4n) is 3.91. The molecule has 1 atom stereocenters. The van der Waals surface area contributed by atoms with Gasteiger partial charge in [-0.2, -0.15) is 5.10 Å². The summed E-state index contributed by atoms with van der Waals surface area (Å²) >= 11 is 0. The van der Waals surface area contributed by atoms with Crippen molar-refractivity contribution >= 4 is 36.4 Å². The third kappa shape index (κ3) is 5.03. The van der Waals surface area contributed by atoms with Gasteiger partial charge in [-0.15, -0.1) is 35.0 Å². The number of aromatic nitrogens is 7. The molecule has 0 saturated carbocycles. The van der Waals surface area contributed by atoms with E-state index in [2.05, 4.69) is 54.3 Å². The Morgan fingerprint density at radius 1 is 1.09 bits per heavy atom. The highest BCUT2D eigenvalue weighted by Crippen LogP contribution is 2.31. The van der Waals surface area contributed by atoms with Crippen LogP contribution in [0.4, 0.5) is 5.95 Å². The van der Waals surface area contributed by atoms with Crippen LogP contribution in [-0.4, -0.2) is 65.5 Å². The van der Waals surface area contributed by atoms with Gasteiger partial charge in [0.15, 0.2) is 5.65 Å². The second-order valence-electron chi connectivity index (χ2n) is 8.36. The summed E-state index contributed by atoms with van der Waals surface area (Å²) in [6.07, 6.45) is 5.11. The minimum Gasteiger partial charge on any atom is -0.507 e. The number of nitrogens with one attached hydrogen (secondary N) is 1. The number of rotatable bonds is 4. The number of phenols is 1. The molecule has 34 heavy (non-hydrogen) atoms. The first-order valence-electron chi connectivity index (χ1n) is 10.7. The van der Waals surface area contributed by atoms with Crippen LogP contribution >= 0.6 is 24.8 Å². The Balaban J connectivity index is 0.00000162. The topological polar surface area (TPSA) is 117 Å². The Morgan fingerprint density at radius 2 is 1.91 bits per heavy atom. The maximum absolute atomic E-state index is 10.7. The van der Waals surface area contributed by atoms with Crippen LogP contribution in [0.1, 0.15) is 19.7 Å². The molecule has 1 aromatic carbocycles. The molecule has 4 heterocycles. The predicted octanol–water partition coefficient (Wildman–Crippen LogP) is 2.94. The van der Waals surface area contributed by atoms with Gasteiger partial charge in [0.25, 0.3) is 0 Å². The van der Waals surface area contributed by atoms with Crippen molar-refractivity contribution in [3.8, 4) is 28.3 Å². The van der Waals surface area contributed by atoms with Gasteiger partial charge in [0.1, 0.15) is 17.3 Å². The van der Waals surface area contributed by atoms with Crippen molar-refractivity contribution in [2.75, 3.05) is 24.5 Å². The molecule has 10 nitrogen and oxygen atoms in total. The van der Waals surface area contributed by atoms with E-state index >= 15 is 0 Å². The Morgan fingerprint density at radius 3 is 2.62 bits per heavy atom. The lowest BCUT2D eigenvalue weighted by atomic mass is 10.0. The molecule has 1 fully saturated rings. The number of hydrogen-bond acceptors (Lipinski definition) is 9. The van der Waals surface area contributed by atoms with E-state index in [-0.39, 0.29) is 30.6 Å². The van der Waals surface area contributed by atoms with Crippen LogP contribution < -0.4 is 10.2 Å². The van der Waals surface area contributed by atoms with Gasteiger partial charge in [0, 0.05) is 36.8 Å². The zero-order valence-electron chi connectivity index (χ0n) is 19.1. The van der Waals surface area contributed by atoms with Crippen LogP contribution in [0.2, 0.25) is 0 Å². The summed E-state index contributed by atoms with van der Waals surface area (Å²) in [5.74, 6) is 1.91. The number of anilines is 1. The first-order valence-corrected chi connectivity index (χ1v) is 10.7. The first kappa shape index (κ1) is 25.5. The summed E-state index contributed by atoms with van der Waals surface area (Å²) in [6.45, 7) is 8.82. The van der Waals surface area contributed by atoms with Crippen molar-refractivity contribution in [3.63, 3.8) is 0 Å². The molecule has 0 radical (unpaired) electrons. The second kappa shape index (κ2) is 10.5. The van der Waals surface area contributed by atoms with Gasteiger partial charge < -0.3 is 15.3 Å². The summed E-state index contributed by atoms with van der Waals surface area (Å²) in [5.41, 5.74) is 3.21. The zero-order chi connectivity index (χ0) is 22.2. The summed E-state index contributed by atoms with van der Waals surface area (Å²) < 4.78 is 1.68. The highest BCUT2D eigenvalue weighted by molar-refractivity contribution is 5.85. The molecule has 180 valence electrons. The van der Waals surface area contributed by atoms with E-state index in [1.807, 2.05) is 13.0 Å². The van der Waals surface area contributed by atoms with Crippen LogP contribution in [-0.2, 0) is 0 Å². The largest absolute Gasteiger partial charge is 0.507 e. The summed E-state index contributed by atoms with van der Waals surface area (Å²) in [6, 6.07) is 5.74. The Kier molecular flexibility index (Phi) is 7.86. The van der Waals surface area contributed by atoms with Gasteiger partial charge in [-0.25, -0.2) is 14.5 Å². The maximum atomic E-state index is 10.7. The summed E-state index contributed by atoms with van der Waals surface area (Å²) in [7, 11) is 0. The average molecular weight is 504 g/mol. The van der Waals surface area contributed by atoms with E-state index in [4.69, 9.17) is 0 Å². The predicted molar refractivity (Wildman–Crippen MR) is 135 cm³/mol. The van der Waals surface area contributed by atoms with Gasteiger partial charge in [0.05, 0.1) is 24.3 Å². The van der Waals surface area contributed by atoms with Crippen LogP contribution in [0.5, 0.6) is 5.75 Å². The Hall–Kier alpha value is -3.08. The number of phenolic OH excluding ortho intramolecular Hbond substituents is 1. The van der Waals surface area contributed by atoms with Gasteiger partial charge in [0.2, 0.25) is 5.95 Å². The third-order valence-electron chi connectivity index (χ3n) is 5.74. The standard InChI is InChI=1S/C22H25N9O.2ClH/c1-13(2)18-11-30(7-6-23-18)22-25-9-17(27-28-22)16-5-4-15(8-20(16)32)19-12-31-21(10-24-19)26-14(3)29-31;;/h4-5,8-10,12-13,18,23,32H,6-7,11H2,1-3H3;2*1H/t18-;;/m1../s1. The molecular formula is C22H27Cl2N9O. The molecule has 0 amide bonds. The SMILES string of the molecule is Cc1nc2cnc(-c3ccc(-c4cnc(N5CCN[C@@H](C(C)C)C5)nn4)c(O)c3)cn2n1.Cl.Cl. The van der Waals surface area contributed by atoms with E-state index in [0.717, 1.165) is 25.2 Å². The number of benzene rings is 1. The Bertz CT molecular complexity index is 1260. The Labute approximate surface area is 209 Å². The van der Waals surface area contributed by atoms with Crippen LogP contribution in [0.25, 0.3) is 28.2 Å². The number of halogens is 2. The second-order valence-corrected chi connectivity index (χ2v) is 8.36. The monoisotopic (exact) mass is 503 g/mol. The van der Waals surface area contributed by atoms with Crippen molar-refractivity contribution in [2.45, 2.75) is 26.8 Å². The van der Waals surface area contributed by atoms with E-state index in [1.165, 1.54) is 0 Å². The number of hydrogen-bond donors (Lipinski definition) is 2. The molecule has 0 unspecified atom stereocenters. The normalized spacial score (nSPS) is 15.8. The lowest BCUT2D eigenvalue weighted by Gasteiger charge is -2.35. The fraction of sp³-hybridized carbons (Fsp3) is 0.364. The third-order valence-corrected chi connectivity index (χ3v) is 5.74. The van der Waals surface area contributed by atoms with Crippen molar-refractivity contribution in [3.05, 3.63) is 42.6 Å². The fourth-order valence-corrected chi connectivity index (χ4v) is 3.91. The highest BCUT2D eigenvalue weighted by Gasteiger charge is 2.23. The molecule has 1 saturated heterocycles. The number of aromatic hydroxyl groups is 1. The number of nitrogens with zero attached hydrogens (tertiary/aromatic N) is 8. The summed E-state index contributed by atoms with van der Waals surface area (Å²) in [5, 5.41) is 27.2. The van der Waals surface area contributed by atoms with Gasteiger partial charge in [-0.1, -0.05) is 19.9 Å². The van der Waals surface area contributed by atoms with Gasteiger partial charge in [-0.05, 0) is 25.0 Å². The average Bonchev–Trinajstić information content (AvgIpc) is 3.18. The van der Waals surface area contributed by atoms with Crippen molar-refractivity contribution in [1.29, 1.82) is 0 Å². The van der Waals surface area contributed by atoms with Crippen molar-refractivity contribution in [2.24, 2.45) is 5.92 Å². The molecule has 1 aliphatic heterocycles. The number of piperazine rings is 1. The highest BCUT2D eigenvalue weighted by atomic mass is 35.5. The lowest BCUT2D eigenvalue weighted by Crippen LogP contribution is -2.53. The lowest BCUT2D eigenvalue weighted by molar-refractivity contribution is 0.365. The number of aryl methyl sites for hydroxylation is 1. The van der Waals surface area contributed by atoms with E-state index < -0.39 is 0 Å². The van der Waals surface area contributed by atoms with E-state index in [0.29, 0.717) is 46.3 Å². The molecule has 5 rings (SSSR count). The minimum atomic E-state index is 0. The van der Waals surface area contributed by atoms with Crippen molar-refractivity contribution < 1.29 is 5.11 Å². The zero-order valence-corrected chi connectivity index (χ0v) is 20.7. The summed E-state index contributed by atoms with van der Waals surface area (Å²) in [4.78, 5) is 15.4. The quantitative estimate of drug-likeness (QED) is 0.433. The smallest absolute Gasteiger partial charge is 0.245 e. The van der Waals surface area contributed by atoms with Crippen LogP contribution in [0.15, 0.2) is 36.8 Å². The van der Waals surface area contributed by atoms with Gasteiger partial charge >= 0.3 is 0 Å². The molecule has 1 aliphatic rings. The first-order chi connectivity index (χ1) is 15.5. The molecule has 4 aromatic rings. The van der Waals surface area contributed by atoms with Crippen LogP contribution in [0, 0.1) is 12.8 Å². The van der Waals surface area contributed by atoms with Crippen LogP contribution in [0.3, 0.4) is 0 Å². The molecule has 12 heteroatoms. The maximum Gasteiger partial charge on any atom is 0.245 e.